The molecule has 2 N–H and O–H groups in total. The van der Waals surface area contributed by atoms with Crippen LogP contribution in [0.15, 0.2) is 18.2 Å². The van der Waals surface area contributed by atoms with Gasteiger partial charge in [0.05, 0.1) is 5.56 Å². The number of carbonyl (C=O) groups is 1. The Labute approximate surface area is 108 Å². The van der Waals surface area contributed by atoms with Crippen LogP contribution in [0.5, 0.6) is 0 Å². The first-order chi connectivity index (χ1) is 8.95. The molecule has 6 heteroatoms. The zero-order valence-corrected chi connectivity index (χ0v) is 10.5. The van der Waals surface area contributed by atoms with Gasteiger partial charge in [0, 0.05) is 11.6 Å². The topological polar surface area (TPSA) is 60.9 Å². The van der Waals surface area contributed by atoms with E-state index in [0.717, 1.165) is 12.1 Å². The summed E-state index contributed by atoms with van der Waals surface area (Å²) in [5, 5.41) is 4.19. The van der Waals surface area contributed by atoms with E-state index in [4.69, 9.17) is 5.73 Å². The van der Waals surface area contributed by atoms with Crippen molar-refractivity contribution in [3.63, 3.8) is 0 Å². The zero-order valence-electron chi connectivity index (χ0n) is 10.5. The van der Waals surface area contributed by atoms with Crippen molar-refractivity contribution in [3.8, 4) is 11.3 Å². The summed E-state index contributed by atoms with van der Waals surface area (Å²) in [6.45, 7) is 3.71. The molecule has 0 spiro atoms. The number of anilines is 1. The van der Waals surface area contributed by atoms with Crippen LogP contribution in [0.4, 0.5) is 14.6 Å². The molecular formula is C13H13F2N3O. The van der Waals surface area contributed by atoms with Gasteiger partial charge in [0.1, 0.15) is 11.5 Å². The van der Waals surface area contributed by atoms with Gasteiger partial charge in [-0.25, -0.2) is 13.5 Å². The molecule has 1 heterocycles. The summed E-state index contributed by atoms with van der Waals surface area (Å²) in [7, 11) is 0. The van der Waals surface area contributed by atoms with Crippen molar-refractivity contribution in [2.45, 2.75) is 19.9 Å². The maximum absolute atomic E-state index is 13.2. The van der Waals surface area contributed by atoms with E-state index in [1.54, 1.807) is 0 Å². The summed E-state index contributed by atoms with van der Waals surface area (Å²) in [6, 6.07) is 3.30. The van der Waals surface area contributed by atoms with E-state index in [1.807, 2.05) is 13.8 Å². The second kappa shape index (κ2) is 4.79. The molecule has 0 saturated heterocycles. The molecule has 0 unspecified atom stereocenters. The highest BCUT2D eigenvalue weighted by atomic mass is 19.2. The van der Waals surface area contributed by atoms with Gasteiger partial charge >= 0.3 is 0 Å². The molecule has 0 aliphatic carbocycles. The zero-order chi connectivity index (χ0) is 14.2. The highest BCUT2D eigenvalue weighted by molar-refractivity contribution is 5.91. The molecular weight excluding hydrogens is 252 g/mol. The lowest BCUT2D eigenvalue weighted by Gasteiger charge is -2.06. The Kier molecular flexibility index (Phi) is 3.33. The molecule has 2 aromatic rings. The normalized spacial score (nSPS) is 11.0. The van der Waals surface area contributed by atoms with Crippen molar-refractivity contribution < 1.29 is 13.6 Å². The van der Waals surface area contributed by atoms with E-state index < -0.39 is 11.6 Å². The summed E-state index contributed by atoms with van der Waals surface area (Å²) in [5.41, 5.74) is 6.56. The van der Waals surface area contributed by atoms with E-state index in [1.165, 1.54) is 10.7 Å². The van der Waals surface area contributed by atoms with Gasteiger partial charge in [0.25, 0.3) is 0 Å². The number of carbonyl (C=O) groups excluding carboxylic acids is 1. The van der Waals surface area contributed by atoms with Gasteiger partial charge in [-0.2, -0.15) is 5.10 Å². The van der Waals surface area contributed by atoms with Crippen LogP contribution >= 0.6 is 0 Å². The van der Waals surface area contributed by atoms with Crippen LogP contribution in [0.2, 0.25) is 0 Å². The van der Waals surface area contributed by atoms with E-state index >= 15 is 0 Å². The first-order valence-corrected chi connectivity index (χ1v) is 5.74. The molecule has 0 aliphatic heterocycles. The van der Waals surface area contributed by atoms with E-state index in [9.17, 15) is 13.6 Å². The number of hydrogen-bond donors (Lipinski definition) is 1. The molecule has 0 bridgehead atoms. The highest BCUT2D eigenvalue weighted by Crippen LogP contribution is 2.28. The fraction of sp³-hybridized carbons (Fsp3) is 0.231. The van der Waals surface area contributed by atoms with Crippen LogP contribution in [-0.4, -0.2) is 16.1 Å². The smallest absolute Gasteiger partial charge is 0.159 e. The van der Waals surface area contributed by atoms with E-state index in [-0.39, 0.29) is 23.1 Å². The second-order valence-corrected chi connectivity index (χ2v) is 4.43. The molecule has 0 atom stereocenters. The van der Waals surface area contributed by atoms with Crippen LogP contribution in [0.1, 0.15) is 30.2 Å². The predicted octanol–water partition coefficient (Wildman–Crippen LogP) is 2.80. The minimum Gasteiger partial charge on any atom is -0.383 e. The van der Waals surface area contributed by atoms with Gasteiger partial charge in [-0.3, -0.25) is 4.79 Å². The molecule has 0 fully saturated rings. The Hall–Kier alpha value is -2.24. The molecule has 1 aromatic carbocycles. The monoisotopic (exact) mass is 265 g/mol. The molecule has 2 rings (SSSR count). The molecule has 1 aromatic heterocycles. The molecule has 0 aliphatic rings. The van der Waals surface area contributed by atoms with Crippen molar-refractivity contribution >= 4 is 12.1 Å². The Morgan fingerprint density at radius 1 is 1.32 bits per heavy atom. The lowest BCUT2D eigenvalue weighted by molar-refractivity contribution is 0.112. The van der Waals surface area contributed by atoms with Crippen LogP contribution < -0.4 is 5.73 Å². The number of benzene rings is 1. The van der Waals surface area contributed by atoms with Gasteiger partial charge in [-0.1, -0.05) is 0 Å². The molecule has 19 heavy (non-hydrogen) atoms. The van der Waals surface area contributed by atoms with Crippen molar-refractivity contribution in [1.82, 2.24) is 9.78 Å². The Balaban J connectivity index is 2.64. The first-order valence-electron chi connectivity index (χ1n) is 5.74. The number of halogens is 2. The second-order valence-electron chi connectivity index (χ2n) is 4.43. The van der Waals surface area contributed by atoms with Gasteiger partial charge in [-0.05, 0) is 32.0 Å². The number of hydrogen-bond acceptors (Lipinski definition) is 3. The number of aromatic nitrogens is 2. The highest BCUT2D eigenvalue weighted by Gasteiger charge is 2.19. The van der Waals surface area contributed by atoms with E-state index in [2.05, 4.69) is 5.10 Å². The largest absolute Gasteiger partial charge is 0.383 e. The molecule has 0 radical (unpaired) electrons. The fourth-order valence-corrected chi connectivity index (χ4v) is 1.83. The number of nitrogen functional groups attached to an aromatic ring is 1. The lowest BCUT2D eigenvalue weighted by atomic mass is 10.1. The molecule has 4 nitrogen and oxygen atoms in total. The summed E-state index contributed by atoms with van der Waals surface area (Å²) < 4.78 is 27.6. The number of nitrogens with two attached hydrogens (primary N) is 1. The Bertz CT molecular complexity index is 635. The average molecular weight is 265 g/mol. The average Bonchev–Trinajstić information content (AvgIpc) is 2.70. The third-order valence-corrected chi connectivity index (χ3v) is 2.79. The van der Waals surface area contributed by atoms with Crippen LogP contribution in [0, 0.1) is 11.6 Å². The predicted molar refractivity (Wildman–Crippen MR) is 67.8 cm³/mol. The minimum atomic E-state index is -0.994. The standard InChI is InChI=1S/C13H13F2N3O/c1-7(2)18-13(16)9(6-19)12(17-18)8-3-4-10(14)11(15)5-8/h3-7H,16H2,1-2H3. The molecule has 0 amide bonds. The van der Waals surface area contributed by atoms with Crippen LogP contribution in [0.3, 0.4) is 0 Å². The summed E-state index contributed by atoms with van der Waals surface area (Å²) >= 11 is 0. The van der Waals surface area contributed by atoms with Gasteiger partial charge in [0.15, 0.2) is 17.9 Å². The van der Waals surface area contributed by atoms with Gasteiger partial charge in [-0.15, -0.1) is 0 Å². The first kappa shape index (κ1) is 13.2. The summed E-state index contributed by atoms with van der Waals surface area (Å²) in [5.74, 6) is -1.73. The SMILES string of the molecule is CC(C)n1nc(-c2ccc(F)c(F)c2)c(C=O)c1N. The molecule has 100 valence electrons. The number of rotatable bonds is 3. The third kappa shape index (κ3) is 2.21. The maximum Gasteiger partial charge on any atom is 0.159 e. The van der Waals surface area contributed by atoms with Crippen molar-refractivity contribution in [2.75, 3.05) is 5.73 Å². The minimum absolute atomic E-state index is 0.0438. The Morgan fingerprint density at radius 2 is 2.00 bits per heavy atom. The Morgan fingerprint density at radius 3 is 2.53 bits per heavy atom. The lowest BCUT2D eigenvalue weighted by Crippen LogP contribution is -2.07. The van der Waals surface area contributed by atoms with Crippen molar-refractivity contribution in [1.29, 1.82) is 0 Å². The number of nitrogens with zero attached hydrogens (tertiary/aromatic N) is 2. The summed E-state index contributed by atoms with van der Waals surface area (Å²) in [6.07, 6.45) is 0.567. The third-order valence-electron chi connectivity index (χ3n) is 2.79. The number of aldehydes is 1. The van der Waals surface area contributed by atoms with Crippen LogP contribution in [-0.2, 0) is 0 Å². The van der Waals surface area contributed by atoms with E-state index in [0.29, 0.717) is 11.8 Å². The van der Waals surface area contributed by atoms with Crippen molar-refractivity contribution in [3.05, 3.63) is 35.4 Å². The summed E-state index contributed by atoms with van der Waals surface area (Å²) in [4.78, 5) is 11.1. The van der Waals surface area contributed by atoms with Crippen LogP contribution in [0.25, 0.3) is 11.3 Å². The van der Waals surface area contributed by atoms with Gasteiger partial charge < -0.3 is 5.73 Å². The van der Waals surface area contributed by atoms with Gasteiger partial charge in [0.2, 0.25) is 0 Å². The quantitative estimate of drug-likeness (QED) is 0.868. The fourth-order valence-electron chi connectivity index (χ4n) is 1.83. The maximum atomic E-state index is 13.2. The van der Waals surface area contributed by atoms with Crippen molar-refractivity contribution in [2.24, 2.45) is 0 Å². The molecule has 0 saturated carbocycles.